The van der Waals surface area contributed by atoms with Gasteiger partial charge in [-0.3, -0.25) is 19.3 Å². The van der Waals surface area contributed by atoms with E-state index in [4.69, 9.17) is 9.57 Å². The van der Waals surface area contributed by atoms with E-state index in [2.05, 4.69) is 77.1 Å². The minimum absolute atomic E-state index is 0.126. The molecule has 3 unspecified atom stereocenters. The van der Waals surface area contributed by atoms with Crippen molar-refractivity contribution >= 4 is 29.7 Å². The quantitative estimate of drug-likeness (QED) is 0.0764. The maximum absolute atomic E-state index is 12.4. The number of rotatable bonds is 13. The number of benzene rings is 1. The summed E-state index contributed by atoms with van der Waals surface area (Å²) in [6, 6.07) is 9.48. The topological polar surface area (TPSA) is 151 Å². The monoisotopic (exact) mass is 736 g/mol. The van der Waals surface area contributed by atoms with Gasteiger partial charge in [-0.05, 0) is 53.4 Å². The van der Waals surface area contributed by atoms with E-state index in [1.807, 2.05) is 59.7 Å². The van der Waals surface area contributed by atoms with E-state index in [0.29, 0.717) is 32.9 Å². The minimum Gasteiger partial charge on any atom is -0.391 e. The predicted octanol–water partition coefficient (Wildman–Crippen LogP) is 5.73. The van der Waals surface area contributed by atoms with Crippen LogP contribution in [0.5, 0.6) is 0 Å². The van der Waals surface area contributed by atoms with Gasteiger partial charge in [0.25, 0.3) is 5.91 Å². The van der Waals surface area contributed by atoms with Gasteiger partial charge in [0, 0.05) is 26.2 Å². The fourth-order valence-corrected chi connectivity index (χ4v) is 3.43. The number of aryl methyl sites for hydroxylation is 1. The van der Waals surface area contributed by atoms with Gasteiger partial charge in [-0.25, -0.2) is 0 Å². The SMILES string of the molecule is C=CC.CC.CC1(C=O)CO1.CCC(C)C.CCNC(=O)CNC(=O)C(NC(=O)/C(C)=N/OC(C)CN1CCOCC1)C(C)C.Cc1ccccc1. The molecule has 2 aliphatic heterocycles. The number of allylic oxidation sites excluding steroid dienone is 1. The molecule has 1 aromatic carbocycles. The van der Waals surface area contributed by atoms with Crippen LogP contribution in [0.3, 0.4) is 0 Å². The number of carbonyl (C=O) groups is 4. The lowest BCUT2D eigenvalue weighted by atomic mass is 10.0. The van der Waals surface area contributed by atoms with Gasteiger partial charge in [0.1, 0.15) is 23.5 Å². The molecule has 3 atom stereocenters. The zero-order valence-corrected chi connectivity index (χ0v) is 34.7. The zero-order chi connectivity index (χ0) is 40.5. The number of likely N-dealkylation sites (N-methyl/N-ethyl adjacent to an activating group) is 1. The molecule has 0 aliphatic carbocycles. The van der Waals surface area contributed by atoms with Crippen molar-refractivity contribution in [2.24, 2.45) is 17.0 Å². The van der Waals surface area contributed by atoms with Crippen molar-refractivity contribution in [3.8, 4) is 0 Å². The second-order valence-electron chi connectivity index (χ2n) is 13.0. The first-order chi connectivity index (χ1) is 24.6. The largest absolute Gasteiger partial charge is 0.391 e. The van der Waals surface area contributed by atoms with Crippen molar-refractivity contribution in [3.05, 3.63) is 48.6 Å². The summed E-state index contributed by atoms with van der Waals surface area (Å²) in [6.07, 6.45) is 3.70. The lowest BCUT2D eigenvalue weighted by molar-refractivity contribution is -0.129. The molecule has 2 aliphatic rings. The maximum atomic E-state index is 12.4. The second-order valence-corrected chi connectivity index (χ2v) is 13.0. The normalized spacial score (nSPS) is 17.0. The van der Waals surface area contributed by atoms with E-state index in [-0.39, 0.29) is 35.8 Å². The highest BCUT2D eigenvalue weighted by Crippen LogP contribution is 2.21. The molecule has 3 amide bonds. The molecular weight excluding hydrogens is 662 g/mol. The molecule has 3 N–H and O–H groups in total. The Bertz CT molecular complexity index is 1100. The van der Waals surface area contributed by atoms with Crippen molar-refractivity contribution < 1.29 is 33.5 Å². The maximum Gasteiger partial charge on any atom is 0.269 e. The van der Waals surface area contributed by atoms with E-state index in [0.717, 1.165) is 25.3 Å². The third-order valence-corrected chi connectivity index (χ3v) is 6.96. The number of ether oxygens (including phenoxy) is 2. The van der Waals surface area contributed by atoms with Crippen molar-refractivity contribution in [3.63, 3.8) is 0 Å². The Labute approximate surface area is 315 Å². The van der Waals surface area contributed by atoms with Gasteiger partial charge in [0.15, 0.2) is 6.29 Å². The van der Waals surface area contributed by atoms with E-state index < -0.39 is 17.9 Å². The molecule has 0 radical (unpaired) electrons. The fraction of sp³-hybridized carbons (Fsp3) is 0.675. The lowest BCUT2D eigenvalue weighted by Gasteiger charge is -2.28. The Morgan fingerprint density at radius 2 is 1.56 bits per heavy atom. The van der Waals surface area contributed by atoms with Crippen molar-refractivity contribution in [1.82, 2.24) is 20.9 Å². The summed E-state index contributed by atoms with van der Waals surface area (Å²) in [5.41, 5.74) is 1.06. The predicted molar refractivity (Wildman–Crippen MR) is 213 cm³/mol. The smallest absolute Gasteiger partial charge is 0.269 e. The molecule has 12 nitrogen and oxygen atoms in total. The standard InChI is InChI=1S/C19H35N5O5.C7H8.C5H12.C4H6O2.C3H6.C2H6/c1-6-20-16(25)11-21-19(27)17(13(2)3)22-18(26)15(5)23-29-14(4)12-24-7-9-28-10-8-24;1-7-5-3-2-4-6-7;1-4-5(2)3;1-4(2-5)3-6-4;1-3-2;1-2/h13-14,17H,6-12H2,1-5H3,(H,20,25)(H,21,27)(H,22,26);2-6H,1H3;5H,4H2,1-3H3;2H,3H2,1H3;3H,1H2,2H3;1-2H3/b23-15+;;;;;. The van der Waals surface area contributed by atoms with Crippen LogP contribution in [0.1, 0.15) is 95.1 Å². The number of carbonyl (C=O) groups excluding carboxylic acids is 4. The van der Waals surface area contributed by atoms with Gasteiger partial charge >= 0.3 is 0 Å². The van der Waals surface area contributed by atoms with Gasteiger partial charge in [0.2, 0.25) is 11.8 Å². The number of amides is 3. The van der Waals surface area contributed by atoms with Crippen LogP contribution in [-0.2, 0) is 33.5 Å². The molecular formula is C40H73N5O7. The number of epoxide rings is 1. The van der Waals surface area contributed by atoms with E-state index in [1.54, 1.807) is 19.9 Å². The van der Waals surface area contributed by atoms with Crippen LogP contribution >= 0.6 is 0 Å². The highest BCUT2D eigenvalue weighted by Gasteiger charge is 2.38. The van der Waals surface area contributed by atoms with Gasteiger partial charge in [0.05, 0.1) is 26.4 Å². The molecule has 0 bridgehead atoms. The van der Waals surface area contributed by atoms with Crippen LogP contribution in [0.4, 0.5) is 0 Å². The van der Waals surface area contributed by atoms with Crippen molar-refractivity contribution in [1.29, 1.82) is 0 Å². The van der Waals surface area contributed by atoms with Crippen molar-refractivity contribution in [2.75, 3.05) is 52.5 Å². The summed E-state index contributed by atoms with van der Waals surface area (Å²) in [6.45, 7) is 33.3. The summed E-state index contributed by atoms with van der Waals surface area (Å²) >= 11 is 0. The zero-order valence-electron chi connectivity index (χ0n) is 34.7. The number of aldehydes is 1. The molecule has 52 heavy (non-hydrogen) atoms. The third-order valence-electron chi connectivity index (χ3n) is 6.96. The first-order valence-electron chi connectivity index (χ1n) is 18.6. The molecule has 300 valence electrons. The van der Waals surface area contributed by atoms with Gasteiger partial charge in [-0.2, -0.15) is 0 Å². The average molecular weight is 736 g/mol. The van der Waals surface area contributed by atoms with Crippen LogP contribution in [0, 0.1) is 18.8 Å². The van der Waals surface area contributed by atoms with Crippen molar-refractivity contribution in [2.45, 2.75) is 114 Å². The summed E-state index contributed by atoms with van der Waals surface area (Å²) in [7, 11) is 0. The molecule has 2 fully saturated rings. The lowest BCUT2D eigenvalue weighted by Crippen LogP contribution is -2.52. The molecule has 0 spiro atoms. The molecule has 1 aromatic rings. The Kier molecular flexibility index (Phi) is 33.7. The number of hydrogen-bond acceptors (Lipinski definition) is 9. The fourth-order valence-electron chi connectivity index (χ4n) is 3.43. The van der Waals surface area contributed by atoms with Crippen LogP contribution in [0.15, 0.2) is 48.1 Å². The molecule has 0 aromatic heterocycles. The molecule has 3 rings (SSSR count). The Hall–Kier alpha value is -3.61. The molecule has 2 heterocycles. The number of oxime groups is 1. The summed E-state index contributed by atoms with van der Waals surface area (Å²) in [5, 5.41) is 11.7. The number of nitrogens with one attached hydrogen (secondary N) is 3. The number of morpholine rings is 1. The van der Waals surface area contributed by atoms with Crippen LogP contribution in [-0.4, -0.2) is 105 Å². The molecule has 0 saturated carbocycles. The number of nitrogens with zero attached hydrogens (tertiary/aromatic N) is 2. The average Bonchev–Trinajstić information content (AvgIpc) is 3.88. The van der Waals surface area contributed by atoms with Crippen LogP contribution in [0.2, 0.25) is 0 Å². The van der Waals surface area contributed by atoms with E-state index >= 15 is 0 Å². The van der Waals surface area contributed by atoms with E-state index in [9.17, 15) is 19.2 Å². The van der Waals surface area contributed by atoms with Crippen LogP contribution in [0.25, 0.3) is 0 Å². The molecule has 2 saturated heterocycles. The van der Waals surface area contributed by atoms with Gasteiger partial charge < -0.3 is 35.1 Å². The highest BCUT2D eigenvalue weighted by molar-refractivity contribution is 6.38. The summed E-state index contributed by atoms with van der Waals surface area (Å²) in [4.78, 5) is 53.7. The first kappa shape index (κ1) is 52.7. The number of hydrogen-bond donors (Lipinski definition) is 3. The Morgan fingerprint density at radius 3 is 1.92 bits per heavy atom. The summed E-state index contributed by atoms with van der Waals surface area (Å²) < 4.78 is 9.99. The van der Waals surface area contributed by atoms with Gasteiger partial charge in [-0.1, -0.05) is 102 Å². The highest BCUT2D eigenvalue weighted by atomic mass is 16.6. The Balaban J connectivity index is -0.000000829. The first-order valence-corrected chi connectivity index (χ1v) is 18.6. The third kappa shape index (κ3) is 31.2. The Morgan fingerprint density at radius 1 is 1.04 bits per heavy atom. The molecule has 12 heteroatoms. The van der Waals surface area contributed by atoms with Crippen LogP contribution < -0.4 is 16.0 Å². The summed E-state index contributed by atoms with van der Waals surface area (Å²) in [5.74, 6) is -0.475. The second kappa shape index (κ2) is 33.2. The van der Waals surface area contributed by atoms with Gasteiger partial charge in [-0.15, -0.1) is 6.58 Å². The minimum atomic E-state index is -0.784. The van der Waals surface area contributed by atoms with E-state index in [1.165, 1.54) is 18.9 Å².